The molecular weight excluding hydrogens is 192 g/mol. The fourth-order valence-electron chi connectivity index (χ4n) is 1.19. The second kappa shape index (κ2) is 5.10. The Hall–Kier alpha value is -1.90. The number of rotatable bonds is 3. The monoisotopic (exact) mass is 204 g/mol. The fourth-order valence-corrected chi connectivity index (χ4v) is 1.19. The van der Waals surface area contributed by atoms with E-state index in [9.17, 15) is 9.59 Å². The van der Waals surface area contributed by atoms with Crippen LogP contribution in [0.1, 0.15) is 22.8 Å². The molecule has 1 aromatic rings. The van der Waals surface area contributed by atoms with Gasteiger partial charge in [0, 0.05) is 11.6 Å². The molecule has 0 aromatic heterocycles. The van der Waals surface area contributed by atoms with Crippen molar-refractivity contribution in [3.05, 3.63) is 41.5 Å². The van der Waals surface area contributed by atoms with Crippen molar-refractivity contribution in [1.29, 1.82) is 0 Å². The molecule has 0 saturated heterocycles. The van der Waals surface area contributed by atoms with Gasteiger partial charge in [-0.2, -0.15) is 0 Å². The van der Waals surface area contributed by atoms with Gasteiger partial charge in [0.1, 0.15) is 0 Å². The van der Waals surface area contributed by atoms with Gasteiger partial charge in [-0.3, -0.25) is 4.79 Å². The third kappa shape index (κ3) is 3.06. The van der Waals surface area contributed by atoms with E-state index in [0.29, 0.717) is 5.56 Å². The highest BCUT2D eigenvalue weighted by atomic mass is 16.5. The van der Waals surface area contributed by atoms with E-state index in [1.54, 1.807) is 24.3 Å². The number of methoxy groups -OCH3 is 1. The number of ether oxygens (including phenoxy) is 1. The van der Waals surface area contributed by atoms with E-state index in [4.69, 9.17) is 0 Å². The number of hydrogen-bond acceptors (Lipinski definition) is 3. The summed E-state index contributed by atoms with van der Waals surface area (Å²) in [6.45, 7) is 1.49. The Kier molecular flexibility index (Phi) is 3.80. The van der Waals surface area contributed by atoms with Gasteiger partial charge in [-0.15, -0.1) is 0 Å². The van der Waals surface area contributed by atoms with Crippen molar-refractivity contribution in [2.24, 2.45) is 0 Å². The second-order valence-corrected chi connectivity index (χ2v) is 3.00. The van der Waals surface area contributed by atoms with E-state index >= 15 is 0 Å². The molecule has 0 aliphatic carbocycles. The molecular formula is C12H12O3. The fraction of sp³-hybridized carbons (Fsp3) is 0.167. The van der Waals surface area contributed by atoms with Crippen LogP contribution in [0.3, 0.4) is 0 Å². The van der Waals surface area contributed by atoms with Gasteiger partial charge in [0.2, 0.25) is 0 Å². The summed E-state index contributed by atoms with van der Waals surface area (Å²) in [5.74, 6) is -0.464. The third-order valence-corrected chi connectivity index (χ3v) is 1.94. The molecule has 0 bridgehead atoms. The van der Waals surface area contributed by atoms with Crippen molar-refractivity contribution < 1.29 is 14.3 Å². The third-order valence-electron chi connectivity index (χ3n) is 1.94. The molecule has 0 radical (unpaired) electrons. The molecule has 0 saturated carbocycles. The van der Waals surface area contributed by atoms with Crippen LogP contribution in [0.15, 0.2) is 30.3 Å². The van der Waals surface area contributed by atoms with Crippen LogP contribution >= 0.6 is 0 Å². The first-order valence-corrected chi connectivity index (χ1v) is 4.51. The highest BCUT2D eigenvalue weighted by molar-refractivity contribution is 5.99. The molecule has 1 aromatic carbocycles. The topological polar surface area (TPSA) is 43.4 Å². The number of Topliss-reactive ketones (excluding diaryl/α,β-unsaturated/α-hetero) is 1. The lowest BCUT2D eigenvalue weighted by Gasteiger charge is -2.00. The zero-order valence-corrected chi connectivity index (χ0v) is 8.69. The first-order chi connectivity index (χ1) is 7.15. The van der Waals surface area contributed by atoms with E-state index in [2.05, 4.69) is 4.74 Å². The van der Waals surface area contributed by atoms with Gasteiger partial charge in [-0.1, -0.05) is 24.3 Å². The first-order valence-electron chi connectivity index (χ1n) is 4.51. The molecule has 3 nitrogen and oxygen atoms in total. The van der Waals surface area contributed by atoms with E-state index in [1.165, 1.54) is 20.1 Å². The van der Waals surface area contributed by atoms with Crippen molar-refractivity contribution in [3.8, 4) is 0 Å². The van der Waals surface area contributed by atoms with Crippen molar-refractivity contribution in [2.75, 3.05) is 7.11 Å². The Morgan fingerprint density at radius 1 is 1.27 bits per heavy atom. The Balaban J connectivity index is 2.99. The lowest BCUT2D eigenvalue weighted by atomic mass is 10.0. The Morgan fingerprint density at radius 2 is 1.93 bits per heavy atom. The molecule has 0 amide bonds. The van der Waals surface area contributed by atoms with Crippen LogP contribution in [0.5, 0.6) is 0 Å². The summed E-state index contributed by atoms with van der Waals surface area (Å²) in [4.78, 5) is 22.1. The first kappa shape index (κ1) is 11.2. The van der Waals surface area contributed by atoms with E-state index in [0.717, 1.165) is 5.56 Å². The molecule has 0 fully saturated rings. The summed E-state index contributed by atoms with van der Waals surface area (Å²) < 4.78 is 4.46. The summed E-state index contributed by atoms with van der Waals surface area (Å²) in [6, 6.07) is 7.09. The Morgan fingerprint density at radius 3 is 2.53 bits per heavy atom. The average molecular weight is 204 g/mol. The number of esters is 1. The lowest BCUT2D eigenvalue weighted by Crippen LogP contribution is -1.97. The van der Waals surface area contributed by atoms with Crippen molar-refractivity contribution in [2.45, 2.75) is 6.92 Å². The van der Waals surface area contributed by atoms with E-state index in [-0.39, 0.29) is 5.78 Å². The van der Waals surface area contributed by atoms with Gasteiger partial charge in [0.05, 0.1) is 7.11 Å². The van der Waals surface area contributed by atoms with Crippen molar-refractivity contribution >= 4 is 17.8 Å². The zero-order chi connectivity index (χ0) is 11.3. The highest BCUT2D eigenvalue weighted by Crippen LogP contribution is 2.11. The molecule has 0 spiro atoms. The maximum absolute atomic E-state index is 11.2. The average Bonchev–Trinajstić information content (AvgIpc) is 2.26. The second-order valence-electron chi connectivity index (χ2n) is 3.00. The zero-order valence-electron chi connectivity index (χ0n) is 8.69. The van der Waals surface area contributed by atoms with Crippen LogP contribution in [0.4, 0.5) is 0 Å². The van der Waals surface area contributed by atoms with Gasteiger partial charge in [-0.05, 0) is 18.6 Å². The van der Waals surface area contributed by atoms with Crippen LogP contribution in [0.25, 0.3) is 6.08 Å². The van der Waals surface area contributed by atoms with Crippen LogP contribution in [-0.2, 0) is 9.53 Å². The quantitative estimate of drug-likeness (QED) is 0.430. The molecule has 0 aliphatic heterocycles. The Bertz CT molecular complexity index is 405. The largest absolute Gasteiger partial charge is 0.466 e. The minimum atomic E-state index is -0.437. The SMILES string of the molecule is COC(=O)/C=C/c1ccccc1C(C)=O. The molecule has 0 aliphatic rings. The number of benzene rings is 1. The van der Waals surface area contributed by atoms with Crippen molar-refractivity contribution in [1.82, 2.24) is 0 Å². The molecule has 0 atom stereocenters. The predicted octanol–water partition coefficient (Wildman–Crippen LogP) is 2.08. The molecule has 1 rings (SSSR count). The normalized spacial score (nSPS) is 10.3. The molecule has 3 heteroatoms. The summed E-state index contributed by atoms with van der Waals surface area (Å²) in [6.07, 6.45) is 2.87. The summed E-state index contributed by atoms with van der Waals surface area (Å²) >= 11 is 0. The highest BCUT2D eigenvalue weighted by Gasteiger charge is 2.03. The number of ketones is 1. The molecule has 0 N–H and O–H groups in total. The predicted molar refractivity (Wildman–Crippen MR) is 57.5 cm³/mol. The van der Waals surface area contributed by atoms with Crippen molar-refractivity contribution in [3.63, 3.8) is 0 Å². The van der Waals surface area contributed by atoms with Gasteiger partial charge in [-0.25, -0.2) is 4.79 Å². The summed E-state index contributed by atoms with van der Waals surface area (Å²) in [5, 5.41) is 0. The van der Waals surface area contributed by atoms with Crippen LogP contribution < -0.4 is 0 Å². The number of carbonyl (C=O) groups excluding carboxylic acids is 2. The molecule has 78 valence electrons. The number of hydrogen-bond donors (Lipinski definition) is 0. The minimum Gasteiger partial charge on any atom is -0.466 e. The van der Waals surface area contributed by atoms with Gasteiger partial charge < -0.3 is 4.74 Å². The minimum absolute atomic E-state index is 0.0277. The maximum Gasteiger partial charge on any atom is 0.330 e. The van der Waals surface area contributed by atoms with Gasteiger partial charge in [0.15, 0.2) is 5.78 Å². The maximum atomic E-state index is 11.2. The van der Waals surface area contributed by atoms with Crippen LogP contribution in [-0.4, -0.2) is 18.9 Å². The molecule has 0 heterocycles. The lowest BCUT2D eigenvalue weighted by molar-refractivity contribution is -0.134. The Labute approximate surface area is 88.4 Å². The molecule has 0 unspecified atom stereocenters. The van der Waals surface area contributed by atoms with Crippen LogP contribution in [0, 0.1) is 0 Å². The summed E-state index contributed by atoms with van der Waals surface area (Å²) in [5.41, 5.74) is 1.31. The van der Waals surface area contributed by atoms with Crippen LogP contribution in [0.2, 0.25) is 0 Å². The van der Waals surface area contributed by atoms with Gasteiger partial charge in [0.25, 0.3) is 0 Å². The molecule has 15 heavy (non-hydrogen) atoms. The van der Waals surface area contributed by atoms with Gasteiger partial charge >= 0.3 is 5.97 Å². The smallest absolute Gasteiger partial charge is 0.330 e. The summed E-state index contributed by atoms with van der Waals surface area (Å²) in [7, 11) is 1.31. The standard InChI is InChI=1S/C12H12O3/c1-9(13)11-6-4-3-5-10(11)7-8-12(14)15-2/h3-8H,1-2H3/b8-7+. The number of carbonyl (C=O) groups is 2. The van der Waals surface area contributed by atoms with E-state index in [1.807, 2.05) is 6.07 Å². The van der Waals surface area contributed by atoms with E-state index < -0.39 is 5.97 Å².